The average Bonchev–Trinajstić information content (AvgIpc) is 2.56. The third-order valence-electron chi connectivity index (χ3n) is 3.05. The molecule has 2 aromatic rings. The lowest BCUT2D eigenvalue weighted by atomic mass is 9.89. The van der Waals surface area contributed by atoms with Crippen LogP contribution < -0.4 is 0 Å². The summed E-state index contributed by atoms with van der Waals surface area (Å²) in [5.41, 5.74) is 1.40. The Balaban J connectivity index is 2.29. The zero-order chi connectivity index (χ0) is 10.4. The molecule has 1 aliphatic rings. The zero-order valence-electron chi connectivity index (χ0n) is 8.46. The Kier molecular flexibility index (Phi) is 2.18. The van der Waals surface area contributed by atoms with Gasteiger partial charge in [-0.2, -0.15) is 0 Å². The van der Waals surface area contributed by atoms with E-state index in [0.717, 1.165) is 22.6 Å². The van der Waals surface area contributed by atoms with E-state index in [4.69, 9.17) is 11.6 Å². The van der Waals surface area contributed by atoms with Gasteiger partial charge in [0.05, 0.1) is 5.39 Å². The molecule has 1 aliphatic carbocycles. The minimum atomic E-state index is 0.618. The fourth-order valence-electron chi connectivity index (χ4n) is 2.24. The second-order valence-electron chi connectivity index (χ2n) is 4.20. The van der Waals surface area contributed by atoms with Crippen LogP contribution in [-0.2, 0) is 12.8 Å². The fraction of sp³-hybridized carbons (Fsp3) is 0.455. The maximum absolute atomic E-state index is 6.13. The van der Waals surface area contributed by atoms with Crippen molar-refractivity contribution in [3.63, 3.8) is 0 Å². The van der Waals surface area contributed by atoms with Crippen LogP contribution in [-0.4, -0.2) is 9.97 Å². The number of aryl methyl sites for hydroxylation is 1. The van der Waals surface area contributed by atoms with E-state index >= 15 is 0 Å². The van der Waals surface area contributed by atoms with Crippen molar-refractivity contribution in [1.29, 1.82) is 0 Å². The van der Waals surface area contributed by atoms with Gasteiger partial charge in [0.15, 0.2) is 0 Å². The van der Waals surface area contributed by atoms with Gasteiger partial charge in [-0.05, 0) is 30.7 Å². The van der Waals surface area contributed by atoms with Crippen molar-refractivity contribution in [2.45, 2.75) is 26.2 Å². The summed E-state index contributed by atoms with van der Waals surface area (Å²) in [6.45, 7) is 2.31. The summed E-state index contributed by atoms with van der Waals surface area (Å²) in [6.07, 6.45) is 5.11. The highest BCUT2D eigenvalue weighted by Gasteiger charge is 2.22. The van der Waals surface area contributed by atoms with Crippen LogP contribution in [0.3, 0.4) is 0 Å². The first-order valence-electron chi connectivity index (χ1n) is 5.16. The monoisotopic (exact) mass is 238 g/mol. The van der Waals surface area contributed by atoms with Gasteiger partial charge in [-0.3, -0.25) is 0 Å². The third-order valence-corrected chi connectivity index (χ3v) is 4.49. The Morgan fingerprint density at radius 3 is 3.20 bits per heavy atom. The number of thiophene rings is 1. The van der Waals surface area contributed by atoms with Gasteiger partial charge in [-0.15, -0.1) is 11.3 Å². The summed E-state index contributed by atoms with van der Waals surface area (Å²) in [5.74, 6) is 0.789. The van der Waals surface area contributed by atoms with E-state index in [2.05, 4.69) is 16.9 Å². The Morgan fingerprint density at radius 1 is 1.47 bits per heavy atom. The molecule has 15 heavy (non-hydrogen) atoms. The van der Waals surface area contributed by atoms with E-state index in [1.165, 1.54) is 23.3 Å². The van der Waals surface area contributed by atoms with E-state index in [9.17, 15) is 0 Å². The largest absolute Gasteiger partial charge is 0.225 e. The van der Waals surface area contributed by atoms with Crippen LogP contribution >= 0.6 is 22.9 Å². The summed E-state index contributed by atoms with van der Waals surface area (Å²) in [5, 5.41) is 1.72. The molecule has 3 rings (SSSR count). The highest BCUT2D eigenvalue weighted by Crippen LogP contribution is 2.39. The molecule has 2 heterocycles. The van der Waals surface area contributed by atoms with Crippen molar-refractivity contribution >= 4 is 33.2 Å². The van der Waals surface area contributed by atoms with E-state index < -0.39 is 0 Å². The molecule has 0 amide bonds. The summed E-state index contributed by atoms with van der Waals surface area (Å²) >= 11 is 7.91. The highest BCUT2D eigenvalue weighted by atomic mass is 35.5. The SMILES string of the molecule is C[C@@H]1CCc2c(sc3ncnc(Cl)c23)C1. The molecule has 2 aromatic heterocycles. The Hall–Kier alpha value is -0.670. The van der Waals surface area contributed by atoms with E-state index in [0.29, 0.717) is 5.15 Å². The number of nitrogens with zero attached hydrogens (tertiary/aromatic N) is 2. The third kappa shape index (κ3) is 1.45. The molecule has 0 bridgehead atoms. The van der Waals surface area contributed by atoms with Crippen molar-refractivity contribution in [1.82, 2.24) is 9.97 Å². The van der Waals surface area contributed by atoms with Gasteiger partial charge in [0.2, 0.25) is 0 Å². The maximum Gasteiger partial charge on any atom is 0.141 e. The Bertz CT molecular complexity index is 521. The molecule has 0 N–H and O–H groups in total. The van der Waals surface area contributed by atoms with Gasteiger partial charge in [0.1, 0.15) is 16.3 Å². The van der Waals surface area contributed by atoms with Crippen LogP contribution in [0.1, 0.15) is 23.8 Å². The minimum Gasteiger partial charge on any atom is -0.225 e. The predicted molar refractivity (Wildman–Crippen MR) is 63.6 cm³/mol. The first-order chi connectivity index (χ1) is 7.25. The van der Waals surface area contributed by atoms with Gasteiger partial charge in [0, 0.05) is 4.88 Å². The van der Waals surface area contributed by atoms with Crippen LogP contribution in [0.25, 0.3) is 10.2 Å². The first kappa shape index (κ1) is 9.55. The average molecular weight is 239 g/mol. The zero-order valence-corrected chi connectivity index (χ0v) is 10.0. The molecule has 0 aliphatic heterocycles. The number of halogens is 1. The molecule has 0 saturated carbocycles. The number of aromatic nitrogens is 2. The molecule has 0 aromatic carbocycles. The smallest absolute Gasteiger partial charge is 0.141 e. The molecule has 0 unspecified atom stereocenters. The Morgan fingerprint density at radius 2 is 2.33 bits per heavy atom. The summed E-state index contributed by atoms with van der Waals surface area (Å²) in [6, 6.07) is 0. The lowest BCUT2D eigenvalue weighted by Crippen LogP contribution is -2.08. The molecule has 0 saturated heterocycles. The van der Waals surface area contributed by atoms with Crippen LogP contribution in [0.4, 0.5) is 0 Å². The molecular formula is C11H11ClN2S. The van der Waals surface area contributed by atoms with Crippen molar-refractivity contribution in [2.75, 3.05) is 0 Å². The molecule has 1 atom stereocenters. The summed E-state index contributed by atoms with van der Waals surface area (Å²) < 4.78 is 0. The fourth-order valence-corrected chi connectivity index (χ4v) is 3.89. The van der Waals surface area contributed by atoms with Crippen LogP contribution in [0, 0.1) is 5.92 Å². The van der Waals surface area contributed by atoms with E-state index in [1.54, 1.807) is 17.7 Å². The van der Waals surface area contributed by atoms with E-state index in [-0.39, 0.29) is 0 Å². The molecule has 4 heteroatoms. The van der Waals surface area contributed by atoms with Gasteiger partial charge >= 0.3 is 0 Å². The molecule has 78 valence electrons. The standard InChI is InChI=1S/C11H11ClN2S/c1-6-2-3-7-8(4-6)15-11-9(7)10(12)13-5-14-11/h5-6H,2-4H2,1H3/t6-/m1/s1. The number of rotatable bonds is 0. The lowest BCUT2D eigenvalue weighted by molar-refractivity contribution is 0.509. The lowest BCUT2D eigenvalue weighted by Gasteiger charge is -2.17. The van der Waals surface area contributed by atoms with Crippen LogP contribution in [0.15, 0.2) is 6.33 Å². The second kappa shape index (κ2) is 3.42. The maximum atomic E-state index is 6.13. The number of hydrogen-bond donors (Lipinski definition) is 0. The predicted octanol–water partition coefficient (Wildman–Crippen LogP) is 3.47. The second-order valence-corrected chi connectivity index (χ2v) is 5.64. The Labute approximate surface area is 97.3 Å². The van der Waals surface area contributed by atoms with Gasteiger partial charge in [-0.25, -0.2) is 9.97 Å². The van der Waals surface area contributed by atoms with Crippen molar-refractivity contribution in [2.24, 2.45) is 5.92 Å². The molecular weight excluding hydrogens is 228 g/mol. The minimum absolute atomic E-state index is 0.618. The molecule has 0 radical (unpaired) electrons. The van der Waals surface area contributed by atoms with Gasteiger partial charge < -0.3 is 0 Å². The molecule has 0 fully saturated rings. The quantitative estimate of drug-likeness (QED) is 0.657. The van der Waals surface area contributed by atoms with Crippen LogP contribution in [0.5, 0.6) is 0 Å². The normalized spacial score (nSPS) is 20.5. The summed E-state index contributed by atoms with van der Waals surface area (Å²) in [4.78, 5) is 10.9. The number of fused-ring (bicyclic) bond motifs is 3. The van der Waals surface area contributed by atoms with Gasteiger partial charge in [0.25, 0.3) is 0 Å². The highest BCUT2D eigenvalue weighted by molar-refractivity contribution is 7.19. The topological polar surface area (TPSA) is 25.8 Å². The van der Waals surface area contributed by atoms with Crippen molar-refractivity contribution < 1.29 is 0 Å². The molecule has 0 spiro atoms. The van der Waals surface area contributed by atoms with Gasteiger partial charge in [-0.1, -0.05) is 18.5 Å². The van der Waals surface area contributed by atoms with E-state index in [1.807, 2.05) is 0 Å². The van der Waals surface area contributed by atoms with Crippen molar-refractivity contribution in [3.05, 3.63) is 21.9 Å². The van der Waals surface area contributed by atoms with Crippen LogP contribution in [0.2, 0.25) is 5.15 Å². The summed E-state index contributed by atoms with van der Waals surface area (Å²) in [7, 11) is 0. The molecule has 2 nitrogen and oxygen atoms in total. The van der Waals surface area contributed by atoms with Crippen molar-refractivity contribution in [3.8, 4) is 0 Å². The number of hydrogen-bond acceptors (Lipinski definition) is 3. The first-order valence-corrected chi connectivity index (χ1v) is 6.36.